The minimum absolute atomic E-state index is 0.0506. The first-order valence-electron chi connectivity index (χ1n) is 12.1. The van der Waals surface area contributed by atoms with Gasteiger partial charge in [-0.05, 0) is 52.8 Å². The summed E-state index contributed by atoms with van der Waals surface area (Å²) in [7, 11) is 0. The summed E-state index contributed by atoms with van der Waals surface area (Å²) in [4.78, 5) is 37.7. The van der Waals surface area contributed by atoms with Crippen LogP contribution in [0.25, 0.3) is 11.4 Å². The highest BCUT2D eigenvalue weighted by Crippen LogP contribution is 2.35. The molecule has 0 aliphatic carbocycles. The van der Waals surface area contributed by atoms with Gasteiger partial charge in [0.1, 0.15) is 17.2 Å². The average molecular weight is 501 g/mol. The lowest BCUT2D eigenvalue weighted by Crippen LogP contribution is -2.44. The van der Waals surface area contributed by atoms with E-state index in [1.807, 2.05) is 27.7 Å². The molecule has 1 fully saturated rings. The predicted octanol–water partition coefficient (Wildman–Crippen LogP) is 3.90. The van der Waals surface area contributed by atoms with Crippen LogP contribution in [-0.2, 0) is 22.6 Å². The molecular formula is C25H33FN6O4. The molecule has 2 N–H and O–H groups in total. The summed E-state index contributed by atoms with van der Waals surface area (Å²) in [6.45, 7) is 12.0. The first-order chi connectivity index (χ1) is 17.1. The van der Waals surface area contributed by atoms with E-state index in [-0.39, 0.29) is 24.0 Å². The van der Waals surface area contributed by atoms with Crippen LogP contribution in [0.5, 0.6) is 0 Å². The number of anilines is 2. The van der Waals surface area contributed by atoms with Crippen LogP contribution in [0.15, 0.2) is 18.2 Å². The maximum Gasteiger partial charge on any atom is 0.410 e. The second-order valence-electron chi connectivity index (χ2n) is 9.93. The fraction of sp³-hybridized carbons (Fsp3) is 0.520. The van der Waals surface area contributed by atoms with Gasteiger partial charge in [-0.15, -0.1) is 0 Å². The number of rotatable bonds is 4. The van der Waals surface area contributed by atoms with Crippen molar-refractivity contribution >= 4 is 23.6 Å². The maximum absolute atomic E-state index is 15.2. The van der Waals surface area contributed by atoms with E-state index in [1.54, 1.807) is 24.0 Å². The van der Waals surface area contributed by atoms with Gasteiger partial charge >= 0.3 is 12.1 Å². The number of morpholine rings is 1. The lowest BCUT2D eigenvalue weighted by Gasteiger charge is -2.35. The van der Waals surface area contributed by atoms with Gasteiger partial charge in [0.05, 0.1) is 43.6 Å². The fourth-order valence-electron chi connectivity index (χ4n) is 4.20. The quantitative estimate of drug-likeness (QED) is 0.655. The van der Waals surface area contributed by atoms with Crippen molar-refractivity contribution in [3.63, 3.8) is 0 Å². The Morgan fingerprint density at radius 2 is 2.03 bits per heavy atom. The molecule has 1 aromatic carbocycles. The van der Waals surface area contributed by atoms with E-state index in [9.17, 15) is 9.59 Å². The number of carbonyl (C=O) groups is 2. The van der Waals surface area contributed by atoms with Gasteiger partial charge in [-0.2, -0.15) is 0 Å². The van der Waals surface area contributed by atoms with Crippen LogP contribution in [0.2, 0.25) is 0 Å². The number of benzene rings is 1. The minimum atomic E-state index is -0.628. The van der Waals surface area contributed by atoms with Gasteiger partial charge in [0, 0.05) is 24.3 Å². The molecule has 36 heavy (non-hydrogen) atoms. The van der Waals surface area contributed by atoms with Crippen molar-refractivity contribution in [1.82, 2.24) is 20.2 Å². The molecule has 0 spiro atoms. The molecule has 4 rings (SSSR count). The highest BCUT2D eigenvalue weighted by atomic mass is 19.1. The number of halogens is 1. The lowest BCUT2D eigenvalue weighted by molar-refractivity contribution is 0.0240. The van der Waals surface area contributed by atoms with Crippen molar-refractivity contribution in [3.8, 4) is 11.4 Å². The molecule has 2 aromatic rings. The maximum atomic E-state index is 15.2. The summed E-state index contributed by atoms with van der Waals surface area (Å²) in [5, 5.41) is 5.21. The molecular weight excluding hydrogens is 467 g/mol. The van der Waals surface area contributed by atoms with E-state index in [2.05, 4.69) is 20.5 Å². The predicted molar refractivity (Wildman–Crippen MR) is 133 cm³/mol. The summed E-state index contributed by atoms with van der Waals surface area (Å²) in [6.07, 6.45) is -0.435. The number of hydrogen-bond acceptors (Lipinski definition) is 7. The van der Waals surface area contributed by atoms with Crippen LogP contribution in [-0.4, -0.2) is 64.9 Å². The first-order valence-corrected chi connectivity index (χ1v) is 12.1. The molecule has 0 radical (unpaired) electrons. The third-order valence-corrected chi connectivity index (χ3v) is 5.86. The number of amides is 3. The van der Waals surface area contributed by atoms with Crippen molar-refractivity contribution in [3.05, 3.63) is 35.3 Å². The standard InChI is InChI=1S/C25H33FN6O4/c1-6-27-23(33)28-16-7-8-17(19(26)11-16)21-29-20-13-31(24(34)36-25(3,4)5)12-18(20)22(30-21)32-9-10-35-14-15(32)2/h7-8,11,15H,6,9-10,12-14H2,1-5H3,(H2,27,28,33). The number of urea groups is 1. The second-order valence-corrected chi connectivity index (χ2v) is 9.93. The van der Waals surface area contributed by atoms with E-state index in [0.717, 1.165) is 5.56 Å². The van der Waals surface area contributed by atoms with Gasteiger partial charge in [0.2, 0.25) is 0 Å². The molecule has 3 heterocycles. The van der Waals surface area contributed by atoms with E-state index in [4.69, 9.17) is 14.5 Å². The molecule has 194 valence electrons. The largest absolute Gasteiger partial charge is 0.444 e. The second kappa shape index (κ2) is 10.3. The zero-order valence-corrected chi connectivity index (χ0v) is 21.4. The number of nitrogens with zero attached hydrogens (tertiary/aromatic N) is 4. The Morgan fingerprint density at radius 3 is 2.69 bits per heavy atom. The zero-order chi connectivity index (χ0) is 26.0. The Morgan fingerprint density at radius 1 is 1.25 bits per heavy atom. The van der Waals surface area contributed by atoms with E-state index in [1.165, 1.54) is 6.07 Å². The molecule has 1 atom stereocenters. The summed E-state index contributed by atoms with van der Waals surface area (Å²) in [5.74, 6) is 0.323. The van der Waals surface area contributed by atoms with Gasteiger partial charge in [0.25, 0.3) is 0 Å². The molecule has 1 saturated heterocycles. The number of fused-ring (bicyclic) bond motifs is 1. The Labute approximate surface area is 210 Å². The topological polar surface area (TPSA) is 109 Å². The summed E-state index contributed by atoms with van der Waals surface area (Å²) in [5.41, 5.74) is 1.38. The molecule has 1 unspecified atom stereocenters. The van der Waals surface area contributed by atoms with Crippen LogP contribution in [0.3, 0.4) is 0 Å². The van der Waals surface area contributed by atoms with Gasteiger partial charge < -0.3 is 25.0 Å². The summed E-state index contributed by atoms with van der Waals surface area (Å²) >= 11 is 0. The molecule has 2 aliphatic rings. The molecule has 2 aliphatic heterocycles. The Kier molecular flexibility index (Phi) is 7.30. The Hall–Kier alpha value is -3.47. The molecule has 11 heteroatoms. The summed E-state index contributed by atoms with van der Waals surface area (Å²) < 4.78 is 26.4. The molecule has 0 bridgehead atoms. The highest BCUT2D eigenvalue weighted by molar-refractivity contribution is 5.89. The van der Waals surface area contributed by atoms with Gasteiger partial charge in [-0.25, -0.2) is 23.9 Å². The fourth-order valence-corrected chi connectivity index (χ4v) is 4.20. The highest BCUT2D eigenvalue weighted by Gasteiger charge is 2.34. The first kappa shape index (κ1) is 25.6. The van der Waals surface area contributed by atoms with Crippen LogP contribution in [0.4, 0.5) is 25.5 Å². The van der Waals surface area contributed by atoms with Crippen molar-refractivity contribution in [2.75, 3.05) is 36.5 Å². The molecule has 1 aromatic heterocycles. The lowest BCUT2D eigenvalue weighted by atomic mass is 10.1. The molecule has 3 amide bonds. The summed E-state index contributed by atoms with van der Waals surface area (Å²) in [6, 6.07) is 4.03. The number of ether oxygens (including phenoxy) is 2. The Balaban J connectivity index is 1.70. The Bertz CT molecular complexity index is 1150. The monoisotopic (exact) mass is 500 g/mol. The van der Waals surface area contributed by atoms with Crippen LogP contribution < -0.4 is 15.5 Å². The van der Waals surface area contributed by atoms with Crippen molar-refractivity contribution in [2.45, 2.75) is 59.4 Å². The van der Waals surface area contributed by atoms with E-state index < -0.39 is 23.5 Å². The number of carbonyl (C=O) groups excluding carboxylic acids is 2. The number of nitrogens with one attached hydrogen (secondary N) is 2. The smallest absolute Gasteiger partial charge is 0.410 e. The SMILES string of the molecule is CCNC(=O)Nc1ccc(-c2nc3c(c(N4CCOCC4C)n2)CN(C(=O)OC(C)(C)C)C3)c(F)c1. The zero-order valence-electron chi connectivity index (χ0n) is 21.4. The third kappa shape index (κ3) is 5.67. The van der Waals surface area contributed by atoms with Crippen molar-refractivity contribution < 1.29 is 23.5 Å². The van der Waals surface area contributed by atoms with Gasteiger partial charge in [-0.3, -0.25) is 4.90 Å². The van der Waals surface area contributed by atoms with Crippen LogP contribution in [0.1, 0.15) is 45.9 Å². The normalized spacial score (nSPS) is 17.6. The van der Waals surface area contributed by atoms with Crippen LogP contribution in [0, 0.1) is 5.82 Å². The molecule has 10 nitrogen and oxygen atoms in total. The minimum Gasteiger partial charge on any atom is -0.444 e. The van der Waals surface area contributed by atoms with E-state index in [0.29, 0.717) is 50.0 Å². The van der Waals surface area contributed by atoms with Crippen molar-refractivity contribution in [1.29, 1.82) is 0 Å². The van der Waals surface area contributed by atoms with Crippen molar-refractivity contribution in [2.24, 2.45) is 0 Å². The third-order valence-electron chi connectivity index (χ3n) is 5.86. The average Bonchev–Trinajstić information content (AvgIpc) is 3.23. The van der Waals surface area contributed by atoms with Gasteiger partial charge in [0.15, 0.2) is 5.82 Å². The van der Waals surface area contributed by atoms with Gasteiger partial charge in [-0.1, -0.05) is 0 Å². The van der Waals surface area contributed by atoms with Crippen LogP contribution >= 0.6 is 0 Å². The van der Waals surface area contributed by atoms with E-state index >= 15 is 4.39 Å². The molecule has 0 saturated carbocycles. The number of hydrogen-bond donors (Lipinski definition) is 2. The number of aromatic nitrogens is 2.